The Morgan fingerprint density at radius 2 is 2.33 bits per heavy atom. The van der Waals surface area contributed by atoms with Crippen molar-refractivity contribution in [2.45, 2.75) is 26.2 Å². The second-order valence-electron chi connectivity index (χ2n) is 2.59. The van der Waals surface area contributed by atoms with Gasteiger partial charge in [0.25, 0.3) is 0 Å². The molecule has 1 unspecified atom stereocenters. The van der Waals surface area contributed by atoms with E-state index in [4.69, 9.17) is 0 Å². The molecule has 1 saturated carbocycles. The second-order valence-corrected chi connectivity index (χ2v) is 2.59. The smallest absolute Gasteiger partial charge is 0.132 e. The molecule has 0 aromatic carbocycles. The molecule has 0 heterocycles. The van der Waals surface area contributed by atoms with E-state index in [0.717, 1.165) is 19.3 Å². The van der Waals surface area contributed by atoms with Crippen LogP contribution in [-0.4, -0.2) is 5.78 Å². The minimum Gasteiger partial charge on any atom is -0.300 e. The van der Waals surface area contributed by atoms with Gasteiger partial charge in [-0.15, -0.1) is 0 Å². The Bertz CT molecular complexity index is 101. The van der Waals surface area contributed by atoms with Gasteiger partial charge in [0.1, 0.15) is 5.78 Å². The highest BCUT2D eigenvalue weighted by Gasteiger charge is 2.16. The highest BCUT2D eigenvalue weighted by atomic mass is 16.1. The van der Waals surface area contributed by atoms with Crippen molar-refractivity contribution in [3.8, 4) is 0 Å². The van der Waals surface area contributed by atoms with Crippen molar-refractivity contribution in [1.29, 1.82) is 0 Å². The maximum atomic E-state index is 10.8. The van der Waals surface area contributed by atoms with Crippen LogP contribution in [0.5, 0.6) is 0 Å². The minimum atomic E-state index is 0.329. The van der Waals surface area contributed by atoms with Crippen LogP contribution in [-0.2, 0) is 4.79 Å². The van der Waals surface area contributed by atoms with Crippen molar-refractivity contribution in [3.63, 3.8) is 0 Å². The van der Waals surface area contributed by atoms with Crippen LogP contribution >= 0.6 is 0 Å². The number of hydrogen-bond donors (Lipinski definition) is 0. The molecule has 1 rings (SSSR count). The average Bonchev–Trinajstić information content (AvgIpc) is 1.90. The van der Waals surface area contributed by atoms with Gasteiger partial charge in [0, 0.05) is 5.92 Å². The van der Waals surface area contributed by atoms with Gasteiger partial charge in [-0.2, -0.15) is 0 Å². The van der Waals surface area contributed by atoms with Crippen LogP contribution in [0.4, 0.5) is 0 Å². The van der Waals surface area contributed by atoms with Gasteiger partial charge in [-0.1, -0.05) is 0 Å². The van der Waals surface area contributed by atoms with Crippen molar-refractivity contribution >= 4 is 5.78 Å². The van der Waals surface area contributed by atoms with E-state index in [1.165, 1.54) is 0 Å². The van der Waals surface area contributed by atoms with Gasteiger partial charge < -0.3 is 0 Å². The lowest BCUT2D eigenvalue weighted by Gasteiger charge is -2.17. The molecular formula is C8H12O. The van der Waals surface area contributed by atoms with Gasteiger partial charge in [0.15, 0.2) is 0 Å². The van der Waals surface area contributed by atoms with Gasteiger partial charge in [-0.25, -0.2) is 0 Å². The van der Waals surface area contributed by atoms with E-state index < -0.39 is 0 Å². The first kappa shape index (κ1) is 6.79. The third-order valence-corrected chi connectivity index (χ3v) is 1.84. The summed E-state index contributed by atoms with van der Waals surface area (Å²) in [5.41, 5.74) is 0. The summed E-state index contributed by atoms with van der Waals surface area (Å²) in [6, 6.07) is 0. The number of hydrogen-bond acceptors (Lipinski definition) is 1. The van der Waals surface area contributed by atoms with Crippen molar-refractivity contribution in [2.24, 2.45) is 5.92 Å². The summed E-state index contributed by atoms with van der Waals surface area (Å²) >= 11 is 0. The molecule has 1 heteroatoms. The van der Waals surface area contributed by atoms with Crippen LogP contribution < -0.4 is 0 Å². The number of carbonyl (C=O) groups is 1. The molecule has 9 heavy (non-hydrogen) atoms. The zero-order chi connectivity index (χ0) is 6.69. The molecule has 1 nitrogen and oxygen atoms in total. The number of Topliss-reactive ketones (excluding diaryl/α,β-unsaturated/α-hetero) is 1. The summed E-state index contributed by atoms with van der Waals surface area (Å²) in [5, 5.41) is 0. The van der Waals surface area contributed by atoms with Gasteiger partial charge in [0.2, 0.25) is 0 Å². The summed E-state index contributed by atoms with van der Waals surface area (Å²) in [7, 11) is 0. The first-order valence-corrected chi connectivity index (χ1v) is 3.46. The summed E-state index contributed by atoms with van der Waals surface area (Å²) in [6.45, 7) is 1.68. The molecule has 0 aliphatic heterocycles. The van der Waals surface area contributed by atoms with Crippen molar-refractivity contribution in [2.75, 3.05) is 0 Å². The first-order chi connectivity index (χ1) is 4.30. The van der Waals surface area contributed by atoms with E-state index in [2.05, 4.69) is 12.8 Å². The van der Waals surface area contributed by atoms with Crippen LogP contribution in [0.2, 0.25) is 0 Å². The van der Waals surface area contributed by atoms with Crippen LogP contribution in [0.1, 0.15) is 26.2 Å². The van der Waals surface area contributed by atoms with E-state index >= 15 is 0 Å². The van der Waals surface area contributed by atoms with Crippen LogP contribution in [0, 0.1) is 18.8 Å². The Hall–Kier alpha value is -0.330. The maximum Gasteiger partial charge on any atom is 0.132 e. The lowest BCUT2D eigenvalue weighted by atomic mass is 9.87. The summed E-state index contributed by atoms with van der Waals surface area (Å²) < 4.78 is 0. The Morgan fingerprint density at radius 3 is 2.67 bits per heavy atom. The van der Waals surface area contributed by atoms with E-state index in [1.54, 1.807) is 6.92 Å². The largest absolute Gasteiger partial charge is 0.300 e. The van der Waals surface area contributed by atoms with E-state index in [9.17, 15) is 4.79 Å². The summed E-state index contributed by atoms with van der Waals surface area (Å²) in [5.74, 6) is 0.675. The third kappa shape index (κ3) is 1.81. The van der Waals surface area contributed by atoms with Crippen molar-refractivity contribution < 1.29 is 4.79 Å². The lowest BCUT2D eigenvalue weighted by molar-refractivity contribution is -0.121. The molecule has 0 bridgehead atoms. The van der Waals surface area contributed by atoms with Gasteiger partial charge in [-0.05, 0) is 39.0 Å². The van der Waals surface area contributed by atoms with Crippen molar-refractivity contribution in [3.05, 3.63) is 12.8 Å². The molecule has 1 aliphatic carbocycles. The maximum absolute atomic E-state index is 10.8. The fourth-order valence-electron chi connectivity index (χ4n) is 1.16. The normalized spacial score (nSPS) is 21.9. The fourth-order valence-corrected chi connectivity index (χ4v) is 1.16. The van der Waals surface area contributed by atoms with Crippen LogP contribution in [0.3, 0.4) is 0 Å². The Balaban J connectivity index is 2.31. The monoisotopic (exact) mass is 124 g/mol. The Kier molecular flexibility index (Phi) is 2.26. The molecule has 2 radical (unpaired) electrons. The zero-order valence-electron chi connectivity index (χ0n) is 5.76. The summed E-state index contributed by atoms with van der Waals surface area (Å²) in [6.07, 6.45) is 7.38. The average molecular weight is 124 g/mol. The molecule has 0 aromatic rings. The SMILES string of the molecule is CC(=O)C1C[CH][CH]CC1. The number of ketones is 1. The van der Waals surface area contributed by atoms with Crippen molar-refractivity contribution in [1.82, 2.24) is 0 Å². The Morgan fingerprint density at radius 1 is 1.56 bits per heavy atom. The second kappa shape index (κ2) is 3.00. The highest BCUT2D eigenvalue weighted by Crippen LogP contribution is 2.22. The zero-order valence-corrected chi connectivity index (χ0v) is 5.76. The predicted molar refractivity (Wildman–Crippen MR) is 36.6 cm³/mol. The molecule has 1 atom stereocenters. The topological polar surface area (TPSA) is 17.1 Å². The van der Waals surface area contributed by atoms with Gasteiger partial charge in [-0.3, -0.25) is 4.79 Å². The molecule has 0 aromatic heterocycles. The lowest BCUT2D eigenvalue weighted by Crippen LogP contribution is -2.14. The van der Waals surface area contributed by atoms with Crippen LogP contribution in [0.25, 0.3) is 0 Å². The van der Waals surface area contributed by atoms with E-state index in [-0.39, 0.29) is 0 Å². The highest BCUT2D eigenvalue weighted by molar-refractivity contribution is 5.78. The van der Waals surface area contributed by atoms with Gasteiger partial charge in [0.05, 0.1) is 0 Å². The van der Waals surface area contributed by atoms with E-state index in [1.807, 2.05) is 0 Å². The summed E-state index contributed by atoms with van der Waals surface area (Å²) in [4.78, 5) is 10.8. The Labute approximate surface area is 56.4 Å². The number of carbonyl (C=O) groups excluding carboxylic acids is 1. The number of rotatable bonds is 1. The minimum absolute atomic E-state index is 0.329. The predicted octanol–water partition coefficient (Wildman–Crippen LogP) is 1.78. The molecular weight excluding hydrogens is 112 g/mol. The first-order valence-electron chi connectivity index (χ1n) is 3.46. The molecule has 1 aliphatic rings. The fraction of sp³-hybridized carbons (Fsp3) is 0.625. The molecule has 1 fully saturated rings. The van der Waals surface area contributed by atoms with Crippen LogP contribution in [0.15, 0.2) is 0 Å². The molecule has 0 N–H and O–H groups in total. The molecule has 50 valence electrons. The standard InChI is InChI=1S/C8H12O/c1-7(9)8-5-3-2-4-6-8/h2-3,8H,4-6H2,1H3. The molecule has 0 spiro atoms. The third-order valence-electron chi connectivity index (χ3n) is 1.84. The van der Waals surface area contributed by atoms with Gasteiger partial charge >= 0.3 is 0 Å². The van der Waals surface area contributed by atoms with E-state index in [0.29, 0.717) is 11.7 Å². The molecule has 0 amide bonds. The molecule has 0 saturated heterocycles. The quantitative estimate of drug-likeness (QED) is 0.520.